The Hall–Kier alpha value is -0.504. The first kappa shape index (κ1) is 14.6. The van der Waals surface area contributed by atoms with E-state index < -0.39 is 8.32 Å². The quantitative estimate of drug-likeness (QED) is 0.577. The van der Waals surface area contributed by atoms with Crippen molar-refractivity contribution in [1.29, 1.82) is 0 Å². The van der Waals surface area contributed by atoms with Gasteiger partial charge >= 0.3 is 113 Å². The van der Waals surface area contributed by atoms with Crippen molar-refractivity contribution in [1.82, 2.24) is 0 Å². The molecule has 0 aliphatic carbocycles. The van der Waals surface area contributed by atoms with Crippen LogP contribution in [0.5, 0.6) is 0 Å². The standard InChI is InChI=1S/C14H22OSeSi/c1-5-9-13(15-17(2,3)4)12-16-14-10-7-6-8-11-14/h6-8,10-12H,5,9H2,1-4H3/b13-12-. The Kier molecular flexibility index (Phi) is 6.03. The van der Waals surface area contributed by atoms with E-state index in [1.807, 2.05) is 0 Å². The molecule has 0 atom stereocenters. The molecule has 0 radical (unpaired) electrons. The predicted octanol–water partition coefficient (Wildman–Crippen LogP) is 3.51. The summed E-state index contributed by atoms with van der Waals surface area (Å²) in [6, 6.07) is 10.6. The third kappa shape index (κ3) is 6.72. The number of hydrogen-bond donors (Lipinski definition) is 0. The van der Waals surface area contributed by atoms with Gasteiger partial charge in [-0.15, -0.1) is 0 Å². The van der Waals surface area contributed by atoms with Gasteiger partial charge in [-0.25, -0.2) is 0 Å². The molecule has 0 aliphatic heterocycles. The van der Waals surface area contributed by atoms with Crippen LogP contribution in [0.15, 0.2) is 41.1 Å². The molecule has 0 heterocycles. The second-order valence-corrected chi connectivity index (χ2v) is 11.4. The van der Waals surface area contributed by atoms with Crippen LogP contribution in [0.3, 0.4) is 0 Å². The van der Waals surface area contributed by atoms with Crippen LogP contribution in [0.2, 0.25) is 19.6 Å². The Morgan fingerprint density at radius 2 is 1.88 bits per heavy atom. The average Bonchev–Trinajstić information content (AvgIpc) is 2.26. The third-order valence-corrected chi connectivity index (χ3v) is 4.82. The van der Waals surface area contributed by atoms with Gasteiger partial charge in [-0.2, -0.15) is 0 Å². The summed E-state index contributed by atoms with van der Waals surface area (Å²) in [7, 11) is -1.45. The van der Waals surface area contributed by atoms with Crippen LogP contribution in [-0.4, -0.2) is 23.3 Å². The van der Waals surface area contributed by atoms with E-state index in [0.29, 0.717) is 15.0 Å². The fraction of sp³-hybridized carbons (Fsp3) is 0.429. The number of hydrogen-bond acceptors (Lipinski definition) is 1. The maximum absolute atomic E-state index is 6.12. The fourth-order valence-corrected chi connectivity index (χ4v) is 4.11. The van der Waals surface area contributed by atoms with Crippen LogP contribution >= 0.6 is 0 Å². The Morgan fingerprint density at radius 3 is 2.41 bits per heavy atom. The van der Waals surface area contributed by atoms with Gasteiger partial charge in [0.15, 0.2) is 0 Å². The third-order valence-electron chi connectivity index (χ3n) is 2.00. The van der Waals surface area contributed by atoms with Crippen molar-refractivity contribution >= 4 is 27.7 Å². The monoisotopic (exact) mass is 314 g/mol. The number of benzene rings is 1. The van der Waals surface area contributed by atoms with Crippen LogP contribution in [-0.2, 0) is 4.43 Å². The van der Waals surface area contributed by atoms with Crippen LogP contribution in [0, 0.1) is 0 Å². The van der Waals surface area contributed by atoms with Crippen LogP contribution < -0.4 is 4.46 Å². The molecule has 0 N–H and O–H groups in total. The normalized spacial score (nSPS) is 12.6. The Morgan fingerprint density at radius 1 is 1.24 bits per heavy atom. The Labute approximate surface area is 113 Å². The molecular weight excluding hydrogens is 291 g/mol. The van der Waals surface area contributed by atoms with Gasteiger partial charge < -0.3 is 0 Å². The van der Waals surface area contributed by atoms with Crippen molar-refractivity contribution < 1.29 is 4.43 Å². The van der Waals surface area contributed by atoms with Gasteiger partial charge in [0.1, 0.15) is 0 Å². The summed E-state index contributed by atoms with van der Waals surface area (Å²) in [5.41, 5.74) is 0. The molecule has 0 saturated carbocycles. The summed E-state index contributed by atoms with van der Waals surface area (Å²) in [6.45, 7) is 8.93. The Balaban J connectivity index is 2.64. The van der Waals surface area contributed by atoms with Gasteiger partial charge in [0, 0.05) is 0 Å². The Bertz CT molecular complexity index is 354. The second kappa shape index (κ2) is 7.05. The van der Waals surface area contributed by atoms with E-state index >= 15 is 0 Å². The van der Waals surface area contributed by atoms with Gasteiger partial charge in [-0.05, 0) is 0 Å². The molecule has 0 aliphatic rings. The maximum atomic E-state index is 6.12. The predicted molar refractivity (Wildman–Crippen MR) is 79.3 cm³/mol. The fourth-order valence-electron chi connectivity index (χ4n) is 1.41. The van der Waals surface area contributed by atoms with Crippen molar-refractivity contribution in [3.8, 4) is 0 Å². The summed E-state index contributed by atoms with van der Waals surface area (Å²) in [4.78, 5) is 2.31. The molecule has 3 heteroatoms. The van der Waals surface area contributed by atoms with E-state index in [9.17, 15) is 0 Å². The molecule has 0 bridgehead atoms. The first-order chi connectivity index (χ1) is 8.01. The first-order valence-corrected chi connectivity index (χ1v) is 11.4. The van der Waals surface area contributed by atoms with Gasteiger partial charge in [-0.1, -0.05) is 0 Å². The summed E-state index contributed by atoms with van der Waals surface area (Å²) in [5, 5.41) is 0. The van der Waals surface area contributed by atoms with Gasteiger partial charge in [0.05, 0.1) is 0 Å². The first-order valence-electron chi connectivity index (χ1n) is 6.11. The zero-order valence-corrected chi connectivity index (χ0v) is 13.9. The minimum atomic E-state index is -1.45. The molecule has 1 aromatic rings. The molecule has 0 unspecified atom stereocenters. The van der Waals surface area contributed by atoms with Crippen molar-refractivity contribution in [3.05, 3.63) is 41.1 Å². The zero-order chi connectivity index (χ0) is 12.7. The molecule has 0 saturated heterocycles. The molecular formula is C14H22OSeSi. The minimum absolute atomic E-state index is 0.394. The van der Waals surface area contributed by atoms with Gasteiger partial charge in [-0.3, -0.25) is 0 Å². The van der Waals surface area contributed by atoms with Crippen molar-refractivity contribution in [2.24, 2.45) is 0 Å². The van der Waals surface area contributed by atoms with Crippen LogP contribution in [0.4, 0.5) is 0 Å². The zero-order valence-electron chi connectivity index (χ0n) is 11.2. The molecule has 1 nitrogen and oxygen atoms in total. The molecule has 0 amide bonds. The van der Waals surface area contributed by atoms with E-state index in [2.05, 4.69) is 61.9 Å². The molecule has 0 aromatic heterocycles. The van der Waals surface area contributed by atoms with Crippen molar-refractivity contribution in [2.45, 2.75) is 39.4 Å². The van der Waals surface area contributed by atoms with Gasteiger partial charge in [0.2, 0.25) is 0 Å². The van der Waals surface area contributed by atoms with E-state index in [-0.39, 0.29) is 0 Å². The summed E-state index contributed by atoms with van der Waals surface area (Å²) >= 11 is 0.394. The van der Waals surface area contributed by atoms with Crippen molar-refractivity contribution in [3.63, 3.8) is 0 Å². The molecule has 0 fully saturated rings. The SMILES string of the molecule is CCC/C(=C/[Se]c1ccccc1)O[Si](C)(C)C. The van der Waals surface area contributed by atoms with Crippen LogP contribution in [0.25, 0.3) is 0 Å². The number of allylic oxidation sites excluding steroid dienone is 1. The van der Waals surface area contributed by atoms with E-state index in [1.165, 1.54) is 10.2 Å². The van der Waals surface area contributed by atoms with Crippen LogP contribution in [0.1, 0.15) is 19.8 Å². The molecule has 17 heavy (non-hydrogen) atoms. The number of rotatable bonds is 6. The van der Waals surface area contributed by atoms with E-state index in [1.54, 1.807) is 0 Å². The summed E-state index contributed by atoms with van der Waals surface area (Å²) < 4.78 is 7.53. The van der Waals surface area contributed by atoms with E-state index in [0.717, 1.165) is 12.8 Å². The average molecular weight is 313 g/mol. The molecule has 94 valence electrons. The van der Waals surface area contributed by atoms with Gasteiger partial charge in [0.25, 0.3) is 0 Å². The molecule has 1 aromatic carbocycles. The summed E-state index contributed by atoms with van der Waals surface area (Å²) in [6.07, 6.45) is 2.22. The second-order valence-electron chi connectivity index (χ2n) is 4.98. The topological polar surface area (TPSA) is 9.23 Å². The van der Waals surface area contributed by atoms with E-state index in [4.69, 9.17) is 4.43 Å². The molecule has 1 rings (SSSR count). The van der Waals surface area contributed by atoms with Crippen molar-refractivity contribution in [2.75, 3.05) is 0 Å². The molecule has 0 spiro atoms. The summed E-state index contributed by atoms with van der Waals surface area (Å²) in [5.74, 6) is 1.20.